The first-order valence-corrected chi connectivity index (χ1v) is 12.4. The van der Waals surface area contributed by atoms with Crippen molar-refractivity contribution in [2.45, 2.75) is 97.6 Å². The molecule has 0 aromatic heterocycles. The molecule has 2 aliphatic heterocycles. The van der Waals surface area contributed by atoms with Crippen LogP contribution in [0, 0.1) is 29.1 Å². The number of nitrogens with zero attached hydrogens (tertiary/aromatic N) is 2. The van der Waals surface area contributed by atoms with Crippen molar-refractivity contribution in [3.05, 3.63) is 0 Å². The van der Waals surface area contributed by atoms with Crippen LogP contribution in [0.4, 0.5) is 0 Å². The van der Waals surface area contributed by atoms with Crippen LogP contribution in [0.1, 0.15) is 85.5 Å². The second kappa shape index (κ2) is 8.38. The Kier molecular flexibility index (Phi) is 6.24. The fourth-order valence-corrected chi connectivity index (χ4v) is 7.08. The molecule has 160 valence electrons. The normalized spacial score (nSPS) is 36.5. The van der Waals surface area contributed by atoms with Gasteiger partial charge in [-0.05, 0) is 101 Å². The summed E-state index contributed by atoms with van der Waals surface area (Å²) in [6.07, 6.45) is 12.1. The van der Waals surface area contributed by atoms with Gasteiger partial charge in [0.1, 0.15) is 5.78 Å². The highest BCUT2D eigenvalue weighted by molar-refractivity contribution is 5.83. The van der Waals surface area contributed by atoms with Gasteiger partial charge in [0.25, 0.3) is 0 Å². The molecule has 0 aromatic rings. The average molecular weight is 389 g/mol. The van der Waals surface area contributed by atoms with Gasteiger partial charge in [-0.15, -0.1) is 0 Å². The summed E-state index contributed by atoms with van der Waals surface area (Å²) in [5, 5.41) is 0. The van der Waals surface area contributed by atoms with Crippen molar-refractivity contribution in [1.29, 1.82) is 0 Å². The van der Waals surface area contributed by atoms with Crippen LogP contribution in [-0.4, -0.2) is 53.8 Å². The predicted octanol–water partition coefficient (Wildman–Crippen LogP) is 4.99. The van der Waals surface area contributed by atoms with Crippen LogP contribution in [0.2, 0.25) is 0 Å². The van der Waals surface area contributed by atoms with E-state index in [1.807, 2.05) is 0 Å². The monoisotopic (exact) mass is 388 g/mol. The summed E-state index contributed by atoms with van der Waals surface area (Å²) in [4.78, 5) is 17.9. The smallest absolute Gasteiger partial charge is 0.138 e. The maximum absolute atomic E-state index is 12.3. The maximum atomic E-state index is 12.3. The second-order valence-corrected chi connectivity index (χ2v) is 11.4. The number of hydrogen-bond donors (Lipinski definition) is 0. The lowest BCUT2D eigenvalue weighted by molar-refractivity contribution is -0.133. The molecular weight excluding hydrogens is 344 g/mol. The van der Waals surface area contributed by atoms with Crippen molar-refractivity contribution in [2.75, 3.05) is 26.2 Å². The van der Waals surface area contributed by atoms with E-state index in [9.17, 15) is 4.79 Å². The number of hydrogen-bond acceptors (Lipinski definition) is 3. The molecule has 2 aliphatic carbocycles. The van der Waals surface area contributed by atoms with Gasteiger partial charge in [0, 0.05) is 23.9 Å². The molecule has 0 amide bonds. The summed E-state index contributed by atoms with van der Waals surface area (Å²) in [5.74, 6) is 2.96. The Labute approximate surface area is 173 Å². The van der Waals surface area contributed by atoms with Crippen molar-refractivity contribution in [1.82, 2.24) is 9.80 Å². The van der Waals surface area contributed by atoms with Crippen LogP contribution in [-0.2, 0) is 4.79 Å². The largest absolute Gasteiger partial charge is 0.300 e. The number of ketones is 1. The first-order valence-electron chi connectivity index (χ1n) is 12.4. The van der Waals surface area contributed by atoms with Crippen molar-refractivity contribution >= 4 is 5.78 Å². The quantitative estimate of drug-likeness (QED) is 0.663. The number of carbonyl (C=O) groups is 1. The molecule has 4 aliphatic rings. The summed E-state index contributed by atoms with van der Waals surface area (Å²) in [6, 6.07) is 1.65. The number of carbonyl (C=O) groups excluding carboxylic acids is 1. The minimum atomic E-state index is 0.226. The minimum absolute atomic E-state index is 0.226. The van der Waals surface area contributed by atoms with Crippen molar-refractivity contribution in [3.8, 4) is 0 Å². The third-order valence-electron chi connectivity index (χ3n) is 9.06. The molecule has 3 nitrogen and oxygen atoms in total. The summed E-state index contributed by atoms with van der Waals surface area (Å²) in [6.45, 7) is 14.2. The maximum Gasteiger partial charge on any atom is 0.138 e. The highest BCUT2D eigenvalue weighted by Gasteiger charge is 2.52. The van der Waals surface area contributed by atoms with Gasteiger partial charge in [0.2, 0.25) is 0 Å². The number of rotatable bonds is 5. The van der Waals surface area contributed by atoms with Gasteiger partial charge in [-0.25, -0.2) is 0 Å². The van der Waals surface area contributed by atoms with Crippen LogP contribution >= 0.6 is 0 Å². The summed E-state index contributed by atoms with van der Waals surface area (Å²) >= 11 is 0. The summed E-state index contributed by atoms with van der Waals surface area (Å²) in [5.41, 5.74) is 0.537. The van der Waals surface area contributed by atoms with E-state index in [4.69, 9.17) is 0 Å². The molecule has 28 heavy (non-hydrogen) atoms. The van der Waals surface area contributed by atoms with Gasteiger partial charge in [0.05, 0.1) is 0 Å². The lowest BCUT2D eigenvalue weighted by Gasteiger charge is -2.47. The van der Waals surface area contributed by atoms with Crippen molar-refractivity contribution in [2.24, 2.45) is 29.1 Å². The van der Waals surface area contributed by atoms with E-state index < -0.39 is 0 Å². The van der Waals surface area contributed by atoms with Crippen LogP contribution in [0.5, 0.6) is 0 Å². The third-order valence-corrected chi connectivity index (χ3v) is 9.06. The van der Waals surface area contributed by atoms with E-state index in [2.05, 4.69) is 37.5 Å². The second-order valence-electron chi connectivity index (χ2n) is 11.4. The molecule has 2 saturated carbocycles. The molecule has 2 heterocycles. The summed E-state index contributed by atoms with van der Waals surface area (Å²) in [7, 11) is 0. The summed E-state index contributed by atoms with van der Waals surface area (Å²) < 4.78 is 0. The lowest BCUT2D eigenvalue weighted by atomic mass is 9.58. The Hall–Kier alpha value is -0.410. The zero-order valence-corrected chi connectivity index (χ0v) is 19.0. The fraction of sp³-hybridized carbons (Fsp3) is 0.960. The Morgan fingerprint density at radius 1 is 0.786 bits per heavy atom. The highest BCUT2D eigenvalue weighted by Crippen LogP contribution is 2.57. The van der Waals surface area contributed by atoms with Gasteiger partial charge in [-0.3, -0.25) is 4.79 Å². The van der Waals surface area contributed by atoms with Gasteiger partial charge in [-0.2, -0.15) is 0 Å². The van der Waals surface area contributed by atoms with Crippen LogP contribution < -0.4 is 0 Å². The number of likely N-dealkylation sites (tertiary alicyclic amines) is 2. The van der Waals surface area contributed by atoms with Gasteiger partial charge < -0.3 is 9.80 Å². The molecular formula is C25H44N2O. The molecule has 0 N–H and O–H groups in total. The predicted molar refractivity (Wildman–Crippen MR) is 116 cm³/mol. The number of piperidine rings is 2. The topological polar surface area (TPSA) is 23.6 Å². The molecule has 0 aromatic carbocycles. The molecule has 1 atom stereocenters. The molecule has 3 heteroatoms. The lowest BCUT2D eigenvalue weighted by Crippen LogP contribution is -2.50. The minimum Gasteiger partial charge on any atom is -0.300 e. The molecule has 4 fully saturated rings. The van der Waals surface area contributed by atoms with Gasteiger partial charge in [0.15, 0.2) is 0 Å². The van der Waals surface area contributed by atoms with E-state index in [0.717, 1.165) is 23.9 Å². The van der Waals surface area contributed by atoms with Crippen LogP contribution in [0.15, 0.2) is 0 Å². The van der Waals surface area contributed by atoms with Crippen molar-refractivity contribution < 1.29 is 4.79 Å². The third kappa shape index (κ3) is 4.21. The van der Waals surface area contributed by atoms with Gasteiger partial charge >= 0.3 is 0 Å². The molecule has 0 radical (unpaired) electrons. The fourth-order valence-electron chi connectivity index (χ4n) is 7.08. The average Bonchev–Trinajstić information content (AvgIpc) is 3.12. The molecule has 4 rings (SSSR count). The SMILES string of the molecule is CC(C)C(=O)C1CC2(CCC(N3CCC(N4CCC(C(C)C)CC4)CC3)C2)C1. The zero-order valence-electron chi connectivity index (χ0n) is 19.0. The highest BCUT2D eigenvalue weighted by atomic mass is 16.1. The zero-order chi connectivity index (χ0) is 19.9. The number of Topliss-reactive ketones (excluding diaryl/α,β-unsaturated/α-hetero) is 1. The first-order chi connectivity index (χ1) is 13.4. The molecule has 1 unspecified atom stereocenters. The standard InChI is InChI=1S/C25H44N2O/c1-18(2)20-6-11-26(12-7-20)22-8-13-27(14-9-22)23-5-10-25(17-23)15-21(16-25)24(28)19(3)4/h18-23H,5-17H2,1-4H3. The molecule has 1 spiro atoms. The Balaban J connectivity index is 1.20. The van der Waals surface area contributed by atoms with Crippen LogP contribution in [0.25, 0.3) is 0 Å². The van der Waals surface area contributed by atoms with E-state index in [1.54, 1.807) is 0 Å². The Morgan fingerprint density at radius 3 is 1.93 bits per heavy atom. The van der Waals surface area contributed by atoms with Crippen LogP contribution in [0.3, 0.4) is 0 Å². The first kappa shape index (κ1) is 20.8. The molecule has 2 saturated heterocycles. The van der Waals surface area contributed by atoms with E-state index >= 15 is 0 Å². The van der Waals surface area contributed by atoms with Gasteiger partial charge in [-0.1, -0.05) is 27.7 Å². The molecule has 0 bridgehead atoms. The van der Waals surface area contributed by atoms with Crippen molar-refractivity contribution in [3.63, 3.8) is 0 Å². The van der Waals surface area contributed by atoms with E-state index in [1.165, 1.54) is 84.0 Å². The van der Waals surface area contributed by atoms with E-state index in [0.29, 0.717) is 17.1 Å². The Bertz CT molecular complexity index is 535. The van der Waals surface area contributed by atoms with E-state index in [-0.39, 0.29) is 5.92 Å². The Morgan fingerprint density at radius 2 is 1.36 bits per heavy atom.